The molecule has 0 fully saturated rings. The minimum absolute atomic E-state index is 0.204. The van der Waals surface area contributed by atoms with E-state index in [-0.39, 0.29) is 6.10 Å². The molecule has 0 aliphatic rings. The molecule has 2 rings (SSSR count). The van der Waals surface area contributed by atoms with Crippen molar-refractivity contribution in [2.75, 3.05) is 0 Å². The number of carboxylic acids is 1. The van der Waals surface area contributed by atoms with Crippen molar-refractivity contribution in [1.29, 1.82) is 0 Å². The molecule has 4 heteroatoms. The first-order valence-corrected chi connectivity index (χ1v) is 6.25. The Kier molecular flexibility index (Phi) is 3.45. The summed E-state index contributed by atoms with van der Waals surface area (Å²) in [5, 5.41) is 9.88. The van der Waals surface area contributed by atoms with Crippen LogP contribution in [0.2, 0.25) is 0 Å². The lowest BCUT2D eigenvalue weighted by molar-refractivity contribution is 0.0674. The molecule has 0 saturated carbocycles. The summed E-state index contributed by atoms with van der Waals surface area (Å²) in [6.07, 6.45) is 0.204. The van der Waals surface area contributed by atoms with Gasteiger partial charge < -0.3 is 9.84 Å². The fraction of sp³-hybridized carbons (Fsp3) is 0.308. The SMILES string of the molecule is CC(C)OCc1cc2cc(C(=O)O)ccc2s1. The Morgan fingerprint density at radius 2 is 2.18 bits per heavy atom. The van der Waals surface area contributed by atoms with Crippen molar-refractivity contribution in [1.82, 2.24) is 0 Å². The van der Waals surface area contributed by atoms with Gasteiger partial charge in [0.1, 0.15) is 0 Å². The smallest absolute Gasteiger partial charge is 0.335 e. The van der Waals surface area contributed by atoms with Gasteiger partial charge in [0.05, 0.1) is 18.3 Å². The fourth-order valence-electron chi connectivity index (χ4n) is 1.55. The Balaban J connectivity index is 2.27. The van der Waals surface area contributed by atoms with Gasteiger partial charge in [-0.05, 0) is 43.5 Å². The lowest BCUT2D eigenvalue weighted by atomic mass is 10.1. The number of rotatable bonds is 4. The van der Waals surface area contributed by atoms with Gasteiger partial charge in [-0.2, -0.15) is 0 Å². The Hall–Kier alpha value is -1.39. The van der Waals surface area contributed by atoms with E-state index in [1.165, 1.54) is 0 Å². The maximum absolute atomic E-state index is 10.8. The van der Waals surface area contributed by atoms with Gasteiger partial charge in [-0.15, -0.1) is 11.3 Å². The highest BCUT2D eigenvalue weighted by atomic mass is 32.1. The van der Waals surface area contributed by atoms with Crippen LogP contribution in [0.3, 0.4) is 0 Å². The number of thiophene rings is 1. The van der Waals surface area contributed by atoms with Crippen molar-refractivity contribution < 1.29 is 14.6 Å². The van der Waals surface area contributed by atoms with Crippen LogP contribution in [-0.4, -0.2) is 17.2 Å². The molecular formula is C13H14O3S. The van der Waals surface area contributed by atoms with E-state index in [1.54, 1.807) is 23.5 Å². The summed E-state index contributed by atoms with van der Waals surface area (Å²) in [6, 6.07) is 7.18. The van der Waals surface area contributed by atoms with Gasteiger partial charge in [0.25, 0.3) is 0 Å². The summed E-state index contributed by atoms with van der Waals surface area (Å²) in [4.78, 5) is 12.0. The summed E-state index contributed by atoms with van der Waals surface area (Å²) >= 11 is 1.64. The zero-order valence-electron chi connectivity index (χ0n) is 9.77. The number of benzene rings is 1. The van der Waals surface area contributed by atoms with E-state index in [0.717, 1.165) is 15.0 Å². The first-order valence-electron chi connectivity index (χ1n) is 5.43. The van der Waals surface area contributed by atoms with Gasteiger partial charge in [-0.25, -0.2) is 4.79 Å². The molecule has 0 amide bonds. The lowest BCUT2D eigenvalue weighted by Crippen LogP contribution is -2.00. The van der Waals surface area contributed by atoms with Crippen molar-refractivity contribution in [3.05, 3.63) is 34.7 Å². The Labute approximate surface area is 104 Å². The van der Waals surface area contributed by atoms with Crippen LogP contribution in [0.25, 0.3) is 10.1 Å². The summed E-state index contributed by atoms with van der Waals surface area (Å²) < 4.78 is 6.62. The van der Waals surface area contributed by atoms with Gasteiger partial charge in [-0.3, -0.25) is 0 Å². The molecule has 90 valence electrons. The highest BCUT2D eigenvalue weighted by Crippen LogP contribution is 2.27. The molecule has 1 aromatic heterocycles. The van der Waals surface area contributed by atoms with Crippen molar-refractivity contribution in [2.24, 2.45) is 0 Å². The Morgan fingerprint density at radius 3 is 2.82 bits per heavy atom. The number of ether oxygens (including phenoxy) is 1. The van der Waals surface area contributed by atoms with Crippen LogP contribution in [0.4, 0.5) is 0 Å². The molecule has 0 bridgehead atoms. The molecule has 0 saturated heterocycles. The van der Waals surface area contributed by atoms with Crippen LogP contribution in [0.1, 0.15) is 29.1 Å². The van der Waals surface area contributed by atoms with Crippen LogP contribution in [0, 0.1) is 0 Å². The maximum atomic E-state index is 10.8. The number of carboxylic acid groups (broad SMARTS) is 1. The lowest BCUT2D eigenvalue weighted by Gasteiger charge is -2.04. The minimum atomic E-state index is -0.891. The average molecular weight is 250 g/mol. The first kappa shape index (κ1) is 12.1. The van der Waals surface area contributed by atoms with Gasteiger partial charge in [0, 0.05) is 9.58 Å². The summed E-state index contributed by atoms with van der Waals surface area (Å²) in [6.45, 7) is 4.57. The highest BCUT2D eigenvalue weighted by Gasteiger charge is 2.07. The highest BCUT2D eigenvalue weighted by molar-refractivity contribution is 7.19. The number of fused-ring (bicyclic) bond motifs is 1. The molecule has 1 aromatic carbocycles. The van der Waals surface area contributed by atoms with Crippen LogP contribution < -0.4 is 0 Å². The second-order valence-corrected chi connectivity index (χ2v) is 5.30. The molecule has 1 N–H and O–H groups in total. The van der Waals surface area contributed by atoms with E-state index in [4.69, 9.17) is 9.84 Å². The number of aromatic carboxylic acids is 1. The molecule has 2 aromatic rings. The van der Waals surface area contributed by atoms with Gasteiger partial charge in [0.15, 0.2) is 0 Å². The van der Waals surface area contributed by atoms with Crippen molar-refractivity contribution >= 4 is 27.4 Å². The third-order valence-corrected chi connectivity index (χ3v) is 3.46. The normalized spacial score (nSPS) is 11.2. The van der Waals surface area contributed by atoms with Crippen molar-refractivity contribution in [2.45, 2.75) is 26.6 Å². The van der Waals surface area contributed by atoms with E-state index in [2.05, 4.69) is 0 Å². The quantitative estimate of drug-likeness (QED) is 0.903. The third-order valence-electron chi connectivity index (χ3n) is 2.37. The molecular weight excluding hydrogens is 236 g/mol. The van der Waals surface area contributed by atoms with Crippen LogP contribution >= 0.6 is 11.3 Å². The molecule has 0 aliphatic heterocycles. The van der Waals surface area contributed by atoms with Gasteiger partial charge in [0.2, 0.25) is 0 Å². The topological polar surface area (TPSA) is 46.5 Å². The number of hydrogen-bond donors (Lipinski definition) is 1. The molecule has 17 heavy (non-hydrogen) atoms. The number of carbonyl (C=O) groups is 1. The van der Waals surface area contributed by atoms with Crippen molar-refractivity contribution in [3.8, 4) is 0 Å². The van der Waals surface area contributed by atoms with Crippen LogP contribution in [-0.2, 0) is 11.3 Å². The van der Waals surface area contributed by atoms with Crippen molar-refractivity contribution in [3.63, 3.8) is 0 Å². The minimum Gasteiger partial charge on any atom is -0.478 e. The molecule has 3 nitrogen and oxygen atoms in total. The van der Waals surface area contributed by atoms with Gasteiger partial charge >= 0.3 is 5.97 Å². The second kappa shape index (κ2) is 4.85. The molecule has 0 aliphatic carbocycles. The second-order valence-electron chi connectivity index (χ2n) is 4.13. The van der Waals surface area contributed by atoms with E-state index < -0.39 is 5.97 Å². The molecule has 0 spiro atoms. The third kappa shape index (κ3) is 2.84. The molecule has 0 atom stereocenters. The maximum Gasteiger partial charge on any atom is 0.335 e. The number of hydrogen-bond acceptors (Lipinski definition) is 3. The Morgan fingerprint density at radius 1 is 1.41 bits per heavy atom. The molecule has 0 unspecified atom stereocenters. The fourth-order valence-corrected chi connectivity index (χ4v) is 2.52. The average Bonchev–Trinajstić information content (AvgIpc) is 2.67. The first-order chi connectivity index (χ1) is 8.06. The summed E-state index contributed by atoms with van der Waals surface area (Å²) in [5.41, 5.74) is 0.326. The van der Waals surface area contributed by atoms with E-state index in [0.29, 0.717) is 12.2 Å². The van der Waals surface area contributed by atoms with E-state index >= 15 is 0 Å². The zero-order valence-corrected chi connectivity index (χ0v) is 10.6. The predicted octanol–water partition coefficient (Wildman–Crippen LogP) is 3.52. The van der Waals surface area contributed by atoms with E-state index in [9.17, 15) is 4.79 Å². The van der Waals surface area contributed by atoms with Gasteiger partial charge in [-0.1, -0.05) is 0 Å². The van der Waals surface area contributed by atoms with Crippen LogP contribution in [0.5, 0.6) is 0 Å². The predicted molar refractivity (Wildman–Crippen MR) is 68.7 cm³/mol. The largest absolute Gasteiger partial charge is 0.478 e. The standard InChI is InChI=1S/C13H14O3S/c1-8(2)16-7-11-6-10-5-9(13(14)15)3-4-12(10)17-11/h3-6,8H,7H2,1-2H3,(H,14,15). The molecule has 0 radical (unpaired) electrons. The summed E-state index contributed by atoms with van der Waals surface area (Å²) in [5.74, 6) is -0.891. The summed E-state index contributed by atoms with van der Waals surface area (Å²) in [7, 11) is 0. The van der Waals surface area contributed by atoms with E-state index in [1.807, 2.05) is 26.0 Å². The van der Waals surface area contributed by atoms with Crippen LogP contribution in [0.15, 0.2) is 24.3 Å². The monoisotopic (exact) mass is 250 g/mol. The Bertz CT molecular complexity index is 543. The molecule has 1 heterocycles. The zero-order chi connectivity index (χ0) is 12.4.